The highest BCUT2D eigenvalue weighted by Gasteiger charge is 2.38. The van der Waals surface area contributed by atoms with E-state index in [2.05, 4.69) is 15.6 Å². The molecular formula is C13H19F2N3O. The number of rotatable bonds is 4. The normalized spacial score (nSPS) is 26.5. The van der Waals surface area contributed by atoms with Gasteiger partial charge in [-0.25, -0.2) is 13.8 Å². The molecule has 0 amide bonds. The minimum absolute atomic E-state index is 0.0530. The van der Waals surface area contributed by atoms with Gasteiger partial charge in [0.2, 0.25) is 0 Å². The molecule has 0 aromatic carbocycles. The number of hydrogen-bond donors (Lipinski definition) is 2. The van der Waals surface area contributed by atoms with Crippen molar-refractivity contribution in [1.82, 2.24) is 4.98 Å². The van der Waals surface area contributed by atoms with Crippen LogP contribution in [0.15, 0.2) is 6.07 Å². The lowest BCUT2D eigenvalue weighted by atomic mass is 9.95. The Labute approximate surface area is 111 Å². The zero-order chi connectivity index (χ0) is 14.0. The average molecular weight is 271 g/mol. The standard InChI is InChI=1S/C13H19F2N3O/c1-4-16-11-9(14)7-10(15)12(17-11)18-13(3)5-6-19-8(13)2/h7-8H,4-6H2,1-3H3,(H2,16,17,18). The highest BCUT2D eigenvalue weighted by molar-refractivity contribution is 5.49. The minimum atomic E-state index is -0.695. The third kappa shape index (κ3) is 2.78. The molecule has 2 unspecified atom stereocenters. The van der Waals surface area contributed by atoms with E-state index in [-0.39, 0.29) is 17.7 Å². The second-order valence-corrected chi connectivity index (χ2v) is 4.99. The topological polar surface area (TPSA) is 46.2 Å². The predicted molar refractivity (Wildman–Crippen MR) is 70.4 cm³/mol. The van der Waals surface area contributed by atoms with Crippen LogP contribution in [0.4, 0.5) is 20.4 Å². The van der Waals surface area contributed by atoms with E-state index in [0.717, 1.165) is 12.5 Å². The van der Waals surface area contributed by atoms with Gasteiger partial charge in [-0.05, 0) is 27.2 Å². The fraction of sp³-hybridized carbons (Fsp3) is 0.615. The molecule has 1 aliphatic rings. The highest BCUT2D eigenvalue weighted by atomic mass is 19.1. The SMILES string of the molecule is CCNc1nc(NC2(C)CCOC2C)c(F)cc1F. The second-order valence-electron chi connectivity index (χ2n) is 4.99. The van der Waals surface area contributed by atoms with E-state index in [0.29, 0.717) is 13.2 Å². The van der Waals surface area contributed by atoms with Crippen LogP contribution >= 0.6 is 0 Å². The smallest absolute Gasteiger partial charge is 0.168 e. The van der Waals surface area contributed by atoms with Crippen LogP contribution in [-0.4, -0.2) is 29.8 Å². The maximum Gasteiger partial charge on any atom is 0.168 e. The molecule has 106 valence electrons. The first kappa shape index (κ1) is 14.0. The fourth-order valence-electron chi connectivity index (χ4n) is 2.12. The number of pyridine rings is 1. The summed E-state index contributed by atoms with van der Waals surface area (Å²) in [7, 11) is 0. The van der Waals surface area contributed by atoms with Gasteiger partial charge in [0.25, 0.3) is 0 Å². The van der Waals surface area contributed by atoms with Crippen molar-refractivity contribution in [2.45, 2.75) is 38.8 Å². The second kappa shape index (κ2) is 5.28. The van der Waals surface area contributed by atoms with E-state index in [4.69, 9.17) is 4.74 Å². The summed E-state index contributed by atoms with van der Waals surface area (Å²) in [5, 5.41) is 5.81. The highest BCUT2D eigenvalue weighted by Crippen LogP contribution is 2.30. The third-order valence-corrected chi connectivity index (χ3v) is 3.56. The van der Waals surface area contributed by atoms with Crippen molar-refractivity contribution in [2.75, 3.05) is 23.8 Å². The Morgan fingerprint density at radius 2 is 2.11 bits per heavy atom. The van der Waals surface area contributed by atoms with E-state index >= 15 is 0 Å². The van der Waals surface area contributed by atoms with Gasteiger partial charge in [0, 0.05) is 19.2 Å². The molecule has 2 heterocycles. The lowest BCUT2D eigenvalue weighted by Crippen LogP contribution is -2.41. The molecule has 1 aromatic rings. The van der Waals surface area contributed by atoms with E-state index in [1.165, 1.54) is 0 Å². The molecule has 6 heteroatoms. The molecule has 1 saturated heterocycles. The zero-order valence-electron chi connectivity index (χ0n) is 11.4. The Kier molecular flexibility index (Phi) is 3.89. The molecule has 1 aromatic heterocycles. The van der Waals surface area contributed by atoms with E-state index in [1.807, 2.05) is 20.8 Å². The van der Waals surface area contributed by atoms with Crippen molar-refractivity contribution in [1.29, 1.82) is 0 Å². The van der Waals surface area contributed by atoms with Crippen molar-refractivity contribution in [3.63, 3.8) is 0 Å². The first-order chi connectivity index (χ1) is 8.96. The van der Waals surface area contributed by atoms with Gasteiger partial charge < -0.3 is 15.4 Å². The minimum Gasteiger partial charge on any atom is -0.376 e. The number of nitrogens with zero attached hydrogens (tertiary/aromatic N) is 1. The molecule has 2 N–H and O–H groups in total. The van der Waals surface area contributed by atoms with E-state index < -0.39 is 17.2 Å². The van der Waals surface area contributed by atoms with Crippen LogP contribution in [0.1, 0.15) is 27.2 Å². The van der Waals surface area contributed by atoms with Crippen molar-refractivity contribution >= 4 is 11.6 Å². The van der Waals surface area contributed by atoms with Crippen LogP contribution < -0.4 is 10.6 Å². The Balaban J connectivity index is 2.27. The summed E-state index contributed by atoms with van der Waals surface area (Å²) in [5.41, 5.74) is -0.394. The summed E-state index contributed by atoms with van der Waals surface area (Å²) < 4.78 is 32.8. The number of nitrogens with one attached hydrogen (secondary N) is 2. The largest absolute Gasteiger partial charge is 0.376 e. The molecule has 0 radical (unpaired) electrons. The lowest BCUT2D eigenvalue weighted by molar-refractivity contribution is 0.105. The molecule has 0 aliphatic carbocycles. The Morgan fingerprint density at radius 3 is 2.68 bits per heavy atom. The van der Waals surface area contributed by atoms with Gasteiger partial charge in [-0.15, -0.1) is 0 Å². The van der Waals surface area contributed by atoms with E-state index in [9.17, 15) is 8.78 Å². The van der Waals surface area contributed by atoms with Crippen molar-refractivity contribution in [2.24, 2.45) is 0 Å². The molecule has 1 aliphatic heterocycles. The van der Waals surface area contributed by atoms with Gasteiger partial charge in [-0.1, -0.05) is 0 Å². The van der Waals surface area contributed by atoms with Crippen LogP contribution in [0.3, 0.4) is 0 Å². The van der Waals surface area contributed by atoms with Crippen LogP contribution in [0.2, 0.25) is 0 Å². The van der Waals surface area contributed by atoms with Crippen LogP contribution in [0, 0.1) is 11.6 Å². The summed E-state index contributed by atoms with van der Waals surface area (Å²) in [6.45, 7) is 6.83. The third-order valence-electron chi connectivity index (χ3n) is 3.56. The Morgan fingerprint density at radius 1 is 1.42 bits per heavy atom. The maximum atomic E-state index is 13.8. The van der Waals surface area contributed by atoms with Gasteiger partial charge in [0.1, 0.15) is 0 Å². The Hall–Kier alpha value is -1.43. The van der Waals surface area contributed by atoms with Crippen LogP contribution in [0.5, 0.6) is 0 Å². The summed E-state index contributed by atoms with van der Waals surface area (Å²) in [6, 6.07) is 0.844. The Bertz CT molecular complexity index is 469. The monoisotopic (exact) mass is 271 g/mol. The molecule has 0 bridgehead atoms. The van der Waals surface area contributed by atoms with Crippen molar-refractivity contribution in [3.05, 3.63) is 17.7 Å². The molecule has 2 atom stereocenters. The van der Waals surface area contributed by atoms with Crippen LogP contribution in [0.25, 0.3) is 0 Å². The first-order valence-corrected chi connectivity index (χ1v) is 6.46. The molecular weight excluding hydrogens is 252 g/mol. The summed E-state index contributed by atoms with van der Waals surface area (Å²) in [5.74, 6) is -1.27. The molecule has 0 saturated carbocycles. The summed E-state index contributed by atoms with van der Waals surface area (Å²) in [4.78, 5) is 3.98. The summed E-state index contributed by atoms with van der Waals surface area (Å²) >= 11 is 0. The number of halogens is 2. The van der Waals surface area contributed by atoms with Crippen LogP contribution in [-0.2, 0) is 4.74 Å². The van der Waals surface area contributed by atoms with Crippen molar-refractivity contribution in [3.8, 4) is 0 Å². The molecule has 2 rings (SSSR count). The average Bonchev–Trinajstić information content (AvgIpc) is 2.66. The van der Waals surface area contributed by atoms with Gasteiger partial charge in [0.05, 0.1) is 11.6 Å². The molecule has 0 spiro atoms. The van der Waals surface area contributed by atoms with Gasteiger partial charge in [-0.3, -0.25) is 0 Å². The quantitative estimate of drug-likeness (QED) is 0.884. The van der Waals surface area contributed by atoms with Gasteiger partial charge >= 0.3 is 0 Å². The number of aromatic nitrogens is 1. The van der Waals surface area contributed by atoms with Crippen molar-refractivity contribution < 1.29 is 13.5 Å². The maximum absolute atomic E-state index is 13.8. The number of ether oxygens (including phenoxy) is 1. The molecule has 1 fully saturated rings. The lowest BCUT2D eigenvalue weighted by Gasteiger charge is -2.29. The van der Waals surface area contributed by atoms with E-state index in [1.54, 1.807) is 0 Å². The molecule has 4 nitrogen and oxygen atoms in total. The summed E-state index contributed by atoms with van der Waals surface area (Å²) in [6.07, 6.45) is 0.699. The fourth-order valence-corrected chi connectivity index (χ4v) is 2.12. The van der Waals surface area contributed by atoms with Gasteiger partial charge in [-0.2, -0.15) is 0 Å². The number of anilines is 2. The van der Waals surface area contributed by atoms with Gasteiger partial charge in [0.15, 0.2) is 23.3 Å². The number of hydrogen-bond acceptors (Lipinski definition) is 4. The predicted octanol–water partition coefficient (Wildman–Crippen LogP) is 2.77. The first-order valence-electron chi connectivity index (χ1n) is 6.46. The molecule has 19 heavy (non-hydrogen) atoms. The zero-order valence-corrected chi connectivity index (χ0v) is 11.4.